The Balaban J connectivity index is 2.04. The summed E-state index contributed by atoms with van der Waals surface area (Å²) in [7, 11) is 3.09. The molecule has 1 unspecified atom stereocenters. The zero-order chi connectivity index (χ0) is 24.0. The van der Waals surface area contributed by atoms with E-state index in [2.05, 4.69) is 13.8 Å². The van der Waals surface area contributed by atoms with Gasteiger partial charge in [0.05, 0.1) is 39.9 Å². The first kappa shape index (κ1) is 24.3. The third kappa shape index (κ3) is 5.20. The fourth-order valence-corrected chi connectivity index (χ4v) is 4.26. The Bertz CT molecular complexity index is 1010. The number of likely N-dealkylation sites (tertiary alicyclic amines) is 1. The highest BCUT2D eigenvalue weighted by Gasteiger charge is 2.44. The molecular formula is C26H32N2O5. The molecule has 33 heavy (non-hydrogen) atoms. The van der Waals surface area contributed by atoms with Crippen molar-refractivity contribution in [1.29, 1.82) is 0 Å². The molecule has 0 aromatic heterocycles. The zero-order valence-electron chi connectivity index (χ0n) is 19.7. The summed E-state index contributed by atoms with van der Waals surface area (Å²) in [5.74, 6) is -0.648. The molecule has 1 heterocycles. The van der Waals surface area contributed by atoms with Crippen molar-refractivity contribution in [3.63, 3.8) is 0 Å². The van der Waals surface area contributed by atoms with Gasteiger partial charge in [-0.25, -0.2) is 0 Å². The number of benzene rings is 2. The van der Waals surface area contributed by atoms with E-state index in [0.29, 0.717) is 29.2 Å². The topological polar surface area (TPSA) is 83.3 Å². The summed E-state index contributed by atoms with van der Waals surface area (Å²) >= 11 is 0. The molecule has 0 saturated carbocycles. The van der Waals surface area contributed by atoms with Crippen molar-refractivity contribution in [1.82, 2.24) is 4.90 Å². The van der Waals surface area contributed by atoms with E-state index in [1.807, 2.05) is 0 Å². The molecule has 1 aliphatic rings. The number of hydrogen-bond donors (Lipinski definition) is 1. The van der Waals surface area contributed by atoms with Crippen molar-refractivity contribution in [2.75, 3.05) is 40.4 Å². The van der Waals surface area contributed by atoms with E-state index in [1.165, 1.54) is 12.0 Å². The van der Waals surface area contributed by atoms with Gasteiger partial charge in [-0.1, -0.05) is 30.0 Å². The molecule has 0 aliphatic carbocycles. The molecule has 3 rings (SSSR count). The van der Waals surface area contributed by atoms with Crippen LogP contribution in [0.4, 0.5) is 0 Å². The predicted octanol–water partition coefficient (Wildman–Crippen LogP) is 1.24. The lowest BCUT2D eigenvalue weighted by Gasteiger charge is -2.28. The van der Waals surface area contributed by atoms with Crippen LogP contribution in [0, 0.1) is 0 Å². The van der Waals surface area contributed by atoms with Gasteiger partial charge in [-0.15, -0.1) is 0 Å². The van der Waals surface area contributed by atoms with Crippen LogP contribution in [0.15, 0.2) is 54.1 Å². The highest BCUT2D eigenvalue weighted by molar-refractivity contribution is 6.46. The molecule has 1 aliphatic heterocycles. The number of hydrogen-bond acceptors (Lipinski definition) is 5. The van der Waals surface area contributed by atoms with Crippen molar-refractivity contribution in [3.8, 4) is 11.5 Å². The molecule has 0 spiro atoms. The first-order valence-corrected chi connectivity index (χ1v) is 11.3. The molecule has 1 fully saturated rings. The van der Waals surface area contributed by atoms with Crippen LogP contribution >= 0.6 is 0 Å². The maximum absolute atomic E-state index is 13.5. The van der Waals surface area contributed by atoms with Crippen molar-refractivity contribution >= 4 is 17.4 Å². The summed E-state index contributed by atoms with van der Waals surface area (Å²) in [5.41, 5.74) is 1.00. The number of Topliss-reactive ketones (excluding diaryl/α,β-unsaturated/α-hetero) is 1. The Hall–Kier alpha value is -3.32. The van der Waals surface area contributed by atoms with Crippen LogP contribution in [-0.2, 0) is 9.59 Å². The first-order valence-electron chi connectivity index (χ1n) is 11.3. The van der Waals surface area contributed by atoms with Gasteiger partial charge in [0.1, 0.15) is 11.5 Å². The largest absolute Gasteiger partial charge is 0.872 e. The van der Waals surface area contributed by atoms with Gasteiger partial charge in [0, 0.05) is 18.5 Å². The van der Waals surface area contributed by atoms with E-state index >= 15 is 0 Å². The Labute approximate surface area is 195 Å². The average molecular weight is 453 g/mol. The molecule has 1 saturated heterocycles. The maximum atomic E-state index is 13.5. The highest BCUT2D eigenvalue weighted by atomic mass is 16.5. The number of amides is 1. The number of carbonyl (C=O) groups excluding carboxylic acids is 2. The summed E-state index contributed by atoms with van der Waals surface area (Å²) in [6.45, 7) is 7.54. The molecule has 2 aromatic rings. The summed E-state index contributed by atoms with van der Waals surface area (Å²) in [6.07, 6.45) is 0.739. The van der Waals surface area contributed by atoms with Crippen molar-refractivity contribution < 1.29 is 29.1 Å². The molecule has 1 N–H and O–H groups in total. The lowest BCUT2D eigenvalue weighted by Crippen LogP contribution is -3.11. The quantitative estimate of drug-likeness (QED) is 0.333. The predicted molar refractivity (Wildman–Crippen MR) is 124 cm³/mol. The number of ether oxygens (including phenoxy) is 2. The summed E-state index contributed by atoms with van der Waals surface area (Å²) in [4.78, 5) is 29.1. The smallest absolute Gasteiger partial charge is 0.295 e. The minimum atomic E-state index is -0.737. The summed E-state index contributed by atoms with van der Waals surface area (Å²) < 4.78 is 10.5. The lowest BCUT2D eigenvalue weighted by molar-refractivity contribution is -0.896. The van der Waals surface area contributed by atoms with E-state index in [-0.39, 0.29) is 5.57 Å². The number of quaternary nitrogens is 1. The van der Waals surface area contributed by atoms with Gasteiger partial charge in [0.2, 0.25) is 5.78 Å². The SMILES string of the molecule is CC[NH+](CC)CCCN1C(=O)C(=O)C(=C([O-])c2cccc(OC)c2)C1c1ccc(OC)cc1. The van der Waals surface area contributed by atoms with Crippen LogP contribution in [0.2, 0.25) is 0 Å². The lowest BCUT2D eigenvalue weighted by atomic mass is 9.95. The van der Waals surface area contributed by atoms with Crippen molar-refractivity contribution in [3.05, 3.63) is 65.2 Å². The van der Waals surface area contributed by atoms with Crippen LogP contribution in [0.25, 0.3) is 5.76 Å². The molecule has 0 radical (unpaired) electrons. The van der Waals surface area contributed by atoms with E-state index in [0.717, 1.165) is 26.1 Å². The number of carbonyl (C=O) groups is 2. The second-order valence-electron chi connectivity index (χ2n) is 8.04. The van der Waals surface area contributed by atoms with Crippen molar-refractivity contribution in [2.45, 2.75) is 26.3 Å². The Morgan fingerprint density at radius 1 is 1.00 bits per heavy atom. The van der Waals surface area contributed by atoms with E-state index < -0.39 is 23.5 Å². The number of methoxy groups -OCH3 is 2. The Kier molecular flexibility index (Phi) is 8.11. The molecule has 1 amide bonds. The molecule has 7 nitrogen and oxygen atoms in total. The van der Waals surface area contributed by atoms with Crippen LogP contribution in [0.3, 0.4) is 0 Å². The molecule has 0 bridgehead atoms. The Morgan fingerprint density at radius 3 is 2.27 bits per heavy atom. The number of rotatable bonds is 10. The van der Waals surface area contributed by atoms with Crippen LogP contribution in [0.5, 0.6) is 11.5 Å². The van der Waals surface area contributed by atoms with Gasteiger partial charge in [-0.05, 0) is 49.2 Å². The fraction of sp³-hybridized carbons (Fsp3) is 0.385. The molecule has 2 aromatic carbocycles. The van der Waals surface area contributed by atoms with Gasteiger partial charge < -0.3 is 24.4 Å². The van der Waals surface area contributed by atoms with E-state index in [1.54, 1.807) is 60.5 Å². The average Bonchev–Trinajstić information content (AvgIpc) is 3.11. The van der Waals surface area contributed by atoms with Gasteiger partial charge in [-0.3, -0.25) is 9.59 Å². The third-order valence-corrected chi connectivity index (χ3v) is 6.22. The highest BCUT2D eigenvalue weighted by Crippen LogP contribution is 2.39. The minimum absolute atomic E-state index is 0.0198. The third-order valence-electron chi connectivity index (χ3n) is 6.22. The Morgan fingerprint density at radius 2 is 1.67 bits per heavy atom. The van der Waals surface area contributed by atoms with Gasteiger partial charge in [-0.2, -0.15) is 0 Å². The standard InChI is InChI=1S/C26H32N2O5/c1-5-27(6-2)15-8-16-28-23(18-11-13-20(32-3)14-12-18)22(25(30)26(28)31)24(29)19-9-7-10-21(17-19)33-4/h7,9-14,17,23,29H,5-6,8,15-16H2,1-4H3. The molecule has 7 heteroatoms. The number of nitrogens with zero attached hydrogens (tertiary/aromatic N) is 1. The van der Waals surface area contributed by atoms with Gasteiger partial charge >= 0.3 is 0 Å². The summed E-state index contributed by atoms with van der Waals surface area (Å²) in [6, 6.07) is 13.1. The second kappa shape index (κ2) is 11.0. The minimum Gasteiger partial charge on any atom is -0.872 e. The maximum Gasteiger partial charge on any atom is 0.295 e. The van der Waals surface area contributed by atoms with Crippen molar-refractivity contribution in [2.24, 2.45) is 0 Å². The van der Waals surface area contributed by atoms with Crippen LogP contribution in [-0.4, -0.2) is 57.0 Å². The van der Waals surface area contributed by atoms with E-state index in [9.17, 15) is 14.7 Å². The molecule has 1 atom stereocenters. The number of nitrogens with one attached hydrogen (secondary N) is 1. The second-order valence-corrected chi connectivity index (χ2v) is 8.04. The molecular weight excluding hydrogens is 420 g/mol. The monoisotopic (exact) mass is 452 g/mol. The van der Waals surface area contributed by atoms with Gasteiger partial charge in [0.25, 0.3) is 5.91 Å². The van der Waals surface area contributed by atoms with Gasteiger partial charge in [0.15, 0.2) is 0 Å². The normalized spacial score (nSPS) is 17.6. The fourth-order valence-electron chi connectivity index (χ4n) is 4.26. The first-order chi connectivity index (χ1) is 15.9. The number of ketones is 1. The molecule has 176 valence electrons. The van der Waals surface area contributed by atoms with Crippen LogP contribution in [0.1, 0.15) is 37.4 Å². The van der Waals surface area contributed by atoms with Crippen LogP contribution < -0.4 is 19.5 Å². The van der Waals surface area contributed by atoms with E-state index in [4.69, 9.17) is 9.47 Å². The summed E-state index contributed by atoms with van der Waals surface area (Å²) in [5, 5.41) is 13.5. The zero-order valence-corrected chi connectivity index (χ0v) is 19.7.